The van der Waals surface area contributed by atoms with Gasteiger partial charge in [0.1, 0.15) is 12.4 Å². The van der Waals surface area contributed by atoms with E-state index in [-0.39, 0.29) is 11.7 Å². The minimum Gasteiger partial charge on any atom is -0.492 e. The van der Waals surface area contributed by atoms with Crippen LogP contribution in [0.3, 0.4) is 0 Å². The highest BCUT2D eigenvalue weighted by Gasteiger charge is 2.14. The number of aryl methyl sites for hydroxylation is 2. The Morgan fingerprint density at radius 2 is 1.89 bits per heavy atom. The summed E-state index contributed by atoms with van der Waals surface area (Å²) in [5.74, 6) is 0.813. The number of tetrazole rings is 1. The Hall–Kier alpha value is -2.58. The van der Waals surface area contributed by atoms with Gasteiger partial charge in [0.15, 0.2) is 0 Å². The summed E-state index contributed by atoms with van der Waals surface area (Å²) in [5.41, 5.74) is 3.07. The van der Waals surface area contributed by atoms with E-state index in [0.29, 0.717) is 29.1 Å². The van der Waals surface area contributed by atoms with Gasteiger partial charge in [0.05, 0.1) is 18.0 Å². The number of nitrogens with zero attached hydrogens (tertiary/aromatic N) is 4. The minimum absolute atomic E-state index is 0.110. The molecule has 0 aliphatic heterocycles. The topological polar surface area (TPSA) is 81.9 Å². The molecule has 0 radical (unpaired) electrons. The molecule has 1 N–H and O–H groups in total. The lowest BCUT2D eigenvalue weighted by Gasteiger charge is -2.10. The Morgan fingerprint density at radius 3 is 2.61 bits per heavy atom. The van der Waals surface area contributed by atoms with E-state index in [2.05, 4.69) is 20.8 Å². The zero-order chi connectivity index (χ0) is 19.9. The fourth-order valence-corrected chi connectivity index (χ4v) is 3.45. The molecule has 0 spiro atoms. The number of rotatable bonds is 8. The van der Waals surface area contributed by atoms with E-state index in [4.69, 9.17) is 16.3 Å². The van der Waals surface area contributed by atoms with Gasteiger partial charge in [-0.2, -0.15) is 4.68 Å². The number of hydrogen-bond donors (Lipinski definition) is 1. The second kappa shape index (κ2) is 9.57. The summed E-state index contributed by atoms with van der Waals surface area (Å²) in [6.45, 7) is 4.79. The zero-order valence-corrected chi connectivity index (χ0v) is 17.1. The van der Waals surface area contributed by atoms with Crippen molar-refractivity contribution >= 4 is 29.3 Å². The molecule has 2 aromatic carbocycles. The van der Waals surface area contributed by atoms with Crippen molar-refractivity contribution in [1.82, 2.24) is 25.5 Å². The molecule has 0 saturated heterocycles. The summed E-state index contributed by atoms with van der Waals surface area (Å²) in [7, 11) is 0. The van der Waals surface area contributed by atoms with Gasteiger partial charge in [-0.1, -0.05) is 41.6 Å². The van der Waals surface area contributed by atoms with Gasteiger partial charge >= 0.3 is 0 Å². The van der Waals surface area contributed by atoms with E-state index < -0.39 is 0 Å². The normalized spacial score (nSPS) is 10.7. The molecule has 3 rings (SSSR count). The Morgan fingerprint density at radius 1 is 1.18 bits per heavy atom. The largest absolute Gasteiger partial charge is 0.492 e. The Labute approximate surface area is 172 Å². The van der Waals surface area contributed by atoms with Crippen LogP contribution in [0.2, 0.25) is 5.02 Å². The van der Waals surface area contributed by atoms with Crippen molar-refractivity contribution in [2.45, 2.75) is 19.0 Å². The summed E-state index contributed by atoms with van der Waals surface area (Å²) >= 11 is 7.12. The third-order valence-corrected chi connectivity index (χ3v) is 5.10. The van der Waals surface area contributed by atoms with Gasteiger partial charge in [-0.05, 0) is 59.7 Å². The van der Waals surface area contributed by atoms with Crippen molar-refractivity contribution in [3.8, 4) is 11.4 Å². The molecule has 3 aromatic rings. The molecular formula is C19H20ClN5O2S. The standard InChI is InChI=1S/C19H20ClN5O2S/c1-13-4-3-5-14(2)18(13)25-19(22-23-24-25)28-12-17(26)21-10-11-27-16-8-6-15(20)7-9-16/h3-9H,10-12H2,1-2H3,(H,21,26). The number of amides is 1. The monoisotopic (exact) mass is 417 g/mol. The van der Waals surface area contributed by atoms with Gasteiger partial charge in [0, 0.05) is 5.02 Å². The molecule has 0 aliphatic rings. The molecule has 0 bridgehead atoms. The molecule has 0 saturated carbocycles. The molecule has 0 atom stereocenters. The molecule has 7 nitrogen and oxygen atoms in total. The number of benzene rings is 2. The lowest BCUT2D eigenvalue weighted by molar-refractivity contribution is -0.118. The third-order valence-electron chi connectivity index (χ3n) is 3.93. The van der Waals surface area contributed by atoms with Gasteiger partial charge in [-0.25, -0.2) is 0 Å². The van der Waals surface area contributed by atoms with Crippen LogP contribution in [0.25, 0.3) is 5.69 Å². The van der Waals surface area contributed by atoms with Gasteiger partial charge in [-0.15, -0.1) is 5.10 Å². The predicted octanol–water partition coefficient (Wildman–Crippen LogP) is 3.22. The highest BCUT2D eigenvalue weighted by molar-refractivity contribution is 7.99. The van der Waals surface area contributed by atoms with Crippen molar-refractivity contribution in [3.63, 3.8) is 0 Å². The zero-order valence-electron chi connectivity index (χ0n) is 15.6. The first kappa shape index (κ1) is 20.2. The van der Waals surface area contributed by atoms with E-state index >= 15 is 0 Å². The van der Waals surface area contributed by atoms with Crippen LogP contribution in [0.15, 0.2) is 47.6 Å². The van der Waals surface area contributed by atoms with Gasteiger partial charge < -0.3 is 10.1 Å². The van der Waals surface area contributed by atoms with Crippen molar-refractivity contribution in [3.05, 3.63) is 58.6 Å². The summed E-state index contributed by atoms with van der Waals surface area (Å²) in [6.07, 6.45) is 0. The lowest BCUT2D eigenvalue weighted by atomic mass is 10.1. The number of ether oxygens (including phenoxy) is 1. The Bertz CT molecular complexity index is 926. The molecule has 0 aliphatic carbocycles. The SMILES string of the molecule is Cc1cccc(C)c1-n1nnnc1SCC(=O)NCCOc1ccc(Cl)cc1. The third kappa shape index (κ3) is 5.24. The summed E-state index contributed by atoms with van der Waals surface area (Å²) < 4.78 is 7.22. The van der Waals surface area contributed by atoms with Crippen molar-refractivity contribution in [2.24, 2.45) is 0 Å². The molecule has 1 heterocycles. The fraction of sp³-hybridized carbons (Fsp3) is 0.263. The van der Waals surface area contributed by atoms with Gasteiger partial charge in [0.25, 0.3) is 0 Å². The van der Waals surface area contributed by atoms with E-state index in [9.17, 15) is 4.79 Å². The predicted molar refractivity (Wildman–Crippen MR) is 109 cm³/mol. The summed E-state index contributed by atoms with van der Waals surface area (Å²) in [6, 6.07) is 13.1. The van der Waals surface area contributed by atoms with Gasteiger partial charge in [-0.3, -0.25) is 4.79 Å². The molecule has 0 unspecified atom stereocenters. The molecule has 9 heteroatoms. The van der Waals surface area contributed by atoms with Crippen LogP contribution in [0.5, 0.6) is 5.75 Å². The highest BCUT2D eigenvalue weighted by Crippen LogP contribution is 2.23. The highest BCUT2D eigenvalue weighted by atomic mass is 35.5. The molecule has 0 fully saturated rings. The average Bonchev–Trinajstić information content (AvgIpc) is 3.13. The van der Waals surface area contributed by atoms with Crippen LogP contribution in [-0.4, -0.2) is 45.0 Å². The second-order valence-electron chi connectivity index (χ2n) is 6.05. The second-order valence-corrected chi connectivity index (χ2v) is 7.43. The van der Waals surface area contributed by atoms with Crippen LogP contribution in [0.1, 0.15) is 11.1 Å². The van der Waals surface area contributed by atoms with Crippen molar-refractivity contribution < 1.29 is 9.53 Å². The first-order valence-corrected chi connectivity index (χ1v) is 10.0. The fourth-order valence-electron chi connectivity index (χ4n) is 2.62. The maximum absolute atomic E-state index is 12.1. The molecule has 1 amide bonds. The lowest BCUT2D eigenvalue weighted by Crippen LogP contribution is -2.29. The van der Waals surface area contributed by atoms with Crippen LogP contribution in [-0.2, 0) is 4.79 Å². The number of hydrogen-bond acceptors (Lipinski definition) is 6. The Kier molecular flexibility index (Phi) is 6.89. The number of halogens is 1. The minimum atomic E-state index is -0.110. The quantitative estimate of drug-likeness (QED) is 0.447. The van der Waals surface area contributed by atoms with E-state index in [1.807, 2.05) is 32.0 Å². The number of carbonyl (C=O) groups is 1. The summed E-state index contributed by atoms with van der Waals surface area (Å²) in [4.78, 5) is 12.1. The Balaban J connectivity index is 1.48. The van der Waals surface area contributed by atoms with Crippen LogP contribution < -0.4 is 10.1 Å². The number of aromatic nitrogens is 4. The van der Waals surface area contributed by atoms with Gasteiger partial charge in [0.2, 0.25) is 11.1 Å². The van der Waals surface area contributed by atoms with Crippen LogP contribution in [0, 0.1) is 13.8 Å². The maximum Gasteiger partial charge on any atom is 0.230 e. The smallest absolute Gasteiger partial charge is 0.230 e. The first-order valence-electron chi connectivity index (χ1n) is 8.67. The number of para-hydroxylation sites is 1. The number of nitrogens with one attached hydrogen (secondary N) is 1. The van der Waals surface area contributed by atoms with Crippen LogP contribution >= 0.6 is 23.4 Å². The molecule has 146 valence electrons. The van der Waals surface area contributed by atoms with Crippen molar-refractivity contribution in [1.29, 1.82) is 0 Å². The van der Waals surface area contributed by atoms with E-state index in [0.717, 1.165) is 16.8 Å². The number of carbonyl (C=O) groups excluding carboxylic acids is 1. The average molecular weight is 418 g/mol. The maximum atomic E-state index is 12.1. The molecular weight excluding hydrogens is 398 g/mol. The molecule has 28 heavy (non-hydrogen) atoms. The summed E-state index contributed by atoms with van der Waals surface area (Å²) in [5, 5.41) is 15.9. The van der Waals surface area contributed by atoms with Crippen LogP contribution in [0.4, 0.5) is 0 Å². The first-order chi connectivity index (χ1) is 13.5. The molecule has 1 aromatic heterocycles. The van der Waals surface area contributed by atoms with E-state index in [1.54, 1.807) is 28.9 Å². The van der Waals surface area contributed by atoms with E-state index in [1.165, 1.54) is 11.8 Å². The van der Waals surface area contributed by atoms with Crippen molar-refractivity contribution in [2.75, 3.05) is 18.9 Å². The number of thioether (sulfide) groups is 1.